The number of hydrogen-bond donors (Lipinski definition) is 3. The van der Waals surface area contributed by atoms with Crippen LogP contribution in [0.3, 0.4) is 0 Å². The molecule has 0 spiro atoms. The highest BCUT2D eigenvalue weighted by Crippen LogP contribution is 2.06. The molecule has 0 aromatic heterocycles. The minimum absolute atomic E-state index is 0.0188. The molecule has 0 heterocycles. The number of benzene rings is 2. The summed E-state index contributed by atoms with van der Waals surface area (Å²) in [5.74, 6) is -0.786. The van der Waals surface area contributed by atoms with Gasteiger partial charge in [-0.15, -0.1) is 0 Å². The third-order valence-electron chi connectivity index (χ3n) is 2.90. The lowest BCUT2D eigenvalue weighted by molar-refractivity contribution is 0.0950. The van der Waals surface area contributed by atoms with Gasteiger partial charge in [0.2, 0.25) is 0 Å². The molecular formula is C15H14FN3O2. The number of amidine groups is 1. The second-order valence-electron chi connectivity index (χ2n) is 4.38. The zero-order valence-electron chi connectivity index (χ0n) is 11.1. The zero-order chi connectivity index (χ0) is 15.2. The highest BCUT2D eigenvalue weighted by atomic mass is 19.1. The number of rotatable bonds is 4. The summed E-state index contributed by atoms with van der Waals surface area (Å²) in [5.41, 5.74) is 7.14. The van der Waals surface area contributed by atoms with Crippen LogP contribution in [-0.2, 0) is 6.54 Å². The molecule has 0 aliphatic carbocycles. The summed E-state index contributed by atoms with van der Waals surface area (Å²) in [5, 5.41) is 14.1. The first-order valence-electron chi connectivity index (χ1n) is 6.21. The van der Waals surface area contributed by atoms with E-state index < -0.39 is 5.82 Å². The summed E-state index contributed by atoms with van der Waals surface area (Å²) >= 11 is 0. The van der Waals surface area contributed by atoms with Gasteiger partial charge in [0, 0.05) is 17.7 Å². The maximum Gasteiger partial charge on any atom is 0.251 e. The number of nitrogens with one attached hydrogen (secondary N) is 1. The molecule has 2 rings (SSSR count). The quantitative estimate of drug-likeness (QED) is 0.347. The predicted molar refractivity (Wildman–Crippen MR) is 76.5 cm³/mol. The molecule has 0 unspecified atom stereocenters. The molecule has 4 N–H and O–H groups in total. The third kappa shape index (κ3) is 3.79. The number of carbonyl (C=O) groups excluding carboxylic acids is 1. The van der Waals surface area contributed by atoms with Crippen LogP contribution >= 0.6 is 0 Å². The van der Waals surface area contributed by atoms with Crippen molar-refractivity contribution in [1.29, 1.82) is 0 Å². The Bertz CT molecular complexity index is 669. The van der Waals surface area contributed by atoms with Crippen molar-refractivity contribution in [3.8, 4) is 0 Å². The van der Waals surface area contributed by atoms with Crippen LogP contribution in [0.25, 0.3) is 0 Å². The monoisotopic (exact) mass is 287 g/mol. The average molecular weight is 287 g/mol. The van der Waals surface area contributed by atoms with Crippen LogP contribution in [0.5, 0.6) is 0 Å². The molecule has 5 nitrogen and oxygen atoms in total. The fourth-order valence-electron chi connectivity index (χ4n) is 1.77. The SMILES string of the molecule is NC(=NO)c1ccc(CNC(=O)c2cccc(F)c2)cc1. The fraction of sp³-hybridized carbons (Fsp3) is 0.0667. The largest absolute Gasteiger partial charge is 0.409 e. The van der Waals surface area contributed by atoms with E-state index in [1.165, 1.54) is 18.2 Å². The summed E-state index contributed by atoms with van der Waals surface area (Å²) in [7, 11) is 0. The zero-order valence-corrected chi connectivity index (χ0v) is 11.1. The maximum absolute atomic E-state index is 13.0. The Labute approximate surface area is 120 Å². The van der Waals surface area contributed by atoms with Gasteiger partial charge < -0.3 is 16.3 Å². The molecule has 2 aromatic carbocycles. The number of hydrogen-bond acceptors (Lipinski definition) is 3. The van der Waals surface area contributed by atoms with Crippen molar-refractivity contribution < 1.29 is 14.4 Å². The van der Waals surface area contributed by atoms with Gasteiger partial charge >= 0.3 is 0 Å². The van der Waals surface area contributed by atoms with E-state index in [-0.39, 0.29) is 17.3 Å². The average Bonchev–Trinajstić information content (AvgIpc) is 2.52. The van der Waals surface area contributed by atoms with Gasteiger partial charge in [-0.3, -0.25) is 4.79 Å². The number of amides is 1. The van der Waals surface area contributed by atoms with Crippen LogP contribution in [-0.4, -0.2) is 17.0 Å². The molecule has 108 valence electrons. The van der Waals surface area contributed by atoms with E-state index in [2.05, 4.69) is 10.5 Å². The molecule has 0 bridgehead atoms. The molecule has 0 saturated carbocycles. The Morgan fingerprint density at radius 1 is 1.19 bits per heavy atom. The van der Waals surface area contributed by atoms with Crippen molar-refractivity contribution in [3.05, 3.63) is 71.0 Å². The first-order valence-corrected chi connectivity index (χ1v) is 6.21. The van der Waals surface area contributed by atoms with E-state index >= 15 is 0 Å². The number of nitrogens with zero attached hydrogens (tertiary/aromatic N) is 1. The standard InChI is InChI=1S/C15H14FN3O2/c16-13-3-1-2-12(8-13)15(20)18-9-10-4-6-11(7-5-10)14(17)19-21/h1-8,21H,9H2,(H2,17,19)(H,18,20). The lowest BCUT2D eigenvalue weighted by atomic mass is 10.1. The number of carbonyl (C=O) groups is 1. The van der Waals surface area contributed by atoms with E-state index in [0.29, 0.717) is 12.1 Å². The first kappa shape index (κ1) is 14.5. The Hall–Kier alpha value is -2.89. The Morgan fingerprint density at radius 2 is 1.90 bits per heavy atom. The minimum Gasteiger partial charge on any atom is -0.409 e. The highest BCUT2D eigenvalue weighted by molar-refractivity contribution is 5.97. The molecule has 21 heavy (non-hydrogen) atoms. The van der Waals surface area contributed by atoms with Crippen molar-refractivity contribution in [1.82, 2.24) is 5.32 Å². The molecule has 0 saturated heterocycles. The van der Waals surface area contributed by atoms with Crippen molar-refractivity contribution in [2.45, 2.75) is 6.54 Å². The lowest BCUT2D eigenvalue weighted by Gasteiger charge is -2.06. The van der Waals surface area contributed by atoms with Crippen LogP contribution in [0.2, 0.25) is 0 Å². The lowest BCUT2D eigenvalue weighted by Crippen LogP contribution is -2.23. The first-order chi connectivity index (χ1) is 10.1. The van der Waals surface area contributed by atoms with Crippen LogP contribution in [0.4, 0.5) is 4.39 Å². The van der Waals surface area contributed by atoms with Crippen LogP contribution in [0.1, 0.15) is 21.5 Å². The molecule has 0 aliphatic rings. The molecule has 0 atom stereocenters. The van der Waals surface area contributed by atoms with Gasteiger partial charge in [-0.2, -0.15) is 0 Å². The fourth-order valence-corrected chi connectivity index (χ4v) is 1.77. The van der Waals surface area contributed by atoms with Gasteiger partial charge in [-0.25, -0.2) is 4.39 Å². The molecule has 6 heteroatoms. The summed E-state index contributed by atoms with van der Waals surface area (Å²) < 4.78 is 13.0. The van der Waals surface area contributed by atoms with Crippen molar-refractivity contribution in [2.24, 2.45) is 10.9 Å². The molecule has 0 fully saturated rings. The molecule has 1 amide bonds. The number of nitrogens with two attached hydrogens (primary N) is 1. The van der Waals surface area contributed by atoms with Gasteiger partial charge in [0.1, 0.15) is 5.82 Å². The van der Waals surface area contributed by atoms with E-state index in [9.17, 15) is 9.18 Å². The topological polar surface area (TPSA) is 87.7 Å². The summed E-state index contributed by atoms with van der Waals surface area (Å²) in [6.07, 6.45) is 0. The third-order valence-corrected chi connectivity index (χ3v) is 2.90. The maximum atomic E-state index is 13.0. The molecule has 0 radical (unpaired) electrons. The van der Waals surface area contributed by atoms with Crippen LogP contribution in [0.15, 0.2) is 53.7 Å². The van der Waals surface area contributed by atoms with Gasteiger partial charge in [-0.05, 0) is 23.8 Å². The normalized spacial score (nSPS) is 11.2. The smallest absolute Gasteiger partial charge is 0.251 e. The minimum atomic E-state index is -0.453. The van der Waals surface area contributed by atoms with Gasteiger partial charge in [0.25, 0.3) is 5.91 Å². The van der Waals surface area contributed by atoms with Crippen molar-refractivity contribution >= 4 is 11.7 Å². The summed E-state index contributed by atoms with van der Waals surface area (Å²) in [6, 6.07) is 12.3. The molecule has 2 aromatic rings. The van der Waals surface area contributed by atoms with E-state index in [0.717, 1.165) is 5.56 Å². The summed E-state index contributed by atoms with van der Waals surface area (Å²) in [4.78, 5) is 11.8. The predicted octanol–water partition coefficient (Wildman–Crippen LogP) is 1.85. The Morgan fingerprint density at radius 3 is 2.52 bits per heavy atom. The van der Waals surface area contributed by atoms with Gasteiger partial charge in [-0.1, -0.05) is 35.5 Å². The van der Waals surface area contributed by atoms with E-state index in [1.807, 2.05) is 0 Å². The van der Waals surface area contributed by atoms with Crippen LogP contribution < -0.4 is 11.1 Å². The summed E-state index contributed by atoms with van der Waals surface area (Å²) in [6.45, 7) is 0.297. The number of oxime groups is 1. The van der Waals surface area contributed by atoms with Crippen molar-refractivity contribution in [3.63, 3.8) is 0 Å². The van der Waals surface area contributed by atoms with Gasteiger partial charge in [0.15, 0.2) is 5.84 Å². The van der Waals surface area contributed by atoms with E-state index in [1.54, 1.807) is 30.3 Å². The van der Waals surface area contributed by atoms with E-state index in [4.69, 9.17) is 10.9 Å². The second-order valence-corrected chi connectivity index (χ2v) is 4.38. The second kappa shape index (κ2) is 6.51. The highest BCUT2D eigenvalue weighted by Gasteiger charge is 2.06. The Balaban J connectivity index is 1.98. The number of halogens is 1. The van der Waals surface area contributed by atoms with Gasteiger partial charge in [0.05, 0.1) is 0 Å². The van der Waals surface area contributed by atoms with Crippen LogP contribution in [0, 0.1) is 5.82 Å². The molecule has 0 aliphatic heterocycles. The van der Waals surface area contributed by atoms with Crippen molar-refractivity contribution in [2.75, 3.05) is 0 Å². The Kier molecular flexibility index (Phi) is 4.50. The molecular weight excluding hydrogens is 273 g/mol.